The van der Waals surface area contributed by atoms with Crippen molar-refractivity contribution in [2.75, 3.05) is 11.9 Å². The number of benzene rings is 1. The van der Waals surface area contributed by atoms with Gasteiger partial charge < -0.3 is 24.5 Å². The second-order valence-corrected chi connectivity index (χ2v) is 9.24. The van der Waals surface area contributed by atoms with Gasteiger partial charge in [-0.25, -0.2) is 4.79 Å². The first kappa shape index (κ1) is 20.8. The Hall–Kier alpha value is -2.48. The summed E-state index contributed by atoms with van der Waals surface area (Å²) in [5.41, 5.74) is 0.360. The second kappa shape index (κ2) is 8.34. The van der Waals surface area contributed by atoms with Crippen molar-refractivity contribution in [3.8, 4) is 5.75 Å². The van der Waals surface area contributed by atoms with Crippen LogP contribution >= 0.6 is 11.6 Å². The monoisotopic (exact) mass is 434 g/mol. The van der Waals surface area contributed by atoms with E-state index in [4.69, 9.17) is 25.5 Å². The number of anilines is 1. The van der Waals surface area contributed by atoms with Crippen molar-refractivity contribution in [1.82, 2.24) is 15.5 Å². The molecule has 8 nitrogen and oxygen atoms in total. The zero-order valence-corrected chi connectivity index (χ0v) is 18.2. The molecule has 0 radical (unpaired) electrons. The predicted octanol–water partition coefficient (Wildman–Crippen LogP) is 4.82. The number of nitrogens with one attached hydrogen (secondary N) is 2. The number of carbonyl (C=O) groups is 1. The number of rotatable bonds is 3. The summed E-state index contributed by atoms with van der Waals surface area (Å²) in [5.74, 6) is 1.99. The fraction of sp³-hybridized carbons (Fsp3) is 0.571. The highest BCUT2D eigenvalue weighted by molar-refractivity contribution is 6.30. The number of fused-ring (bicyclic) bond motifs is 1. The summed E-state index contributed by atoms with van der Waals surface area (Å²) < 4.78 is 17.3. The minimum absolute atomic E-state index is 0.104. The van der Waals surface area contributed by atoms with Crippen LogP contribution in [0.25, 0.3) is 0 Å². The lowest BCUT2D eigenvalue weighted by atomic mass is 9.86. The molecule has 1 atom stereocenters. The fourth-order valence-corrected chi connectivity index (χ4v) is 3.95. The van der Waals surface area contributed by atoms with E-state index < -0.39 is 5.60 Å². The Labute approximate surface area is 180 Å². The van der Waals surface area contributed by atoms with E-state index in [0.29, 0.717) is 29.1 Å². The highest BCUT2D eigenvalue weighted by Gasteiger charge is 2.31. The predicted molar refractivity (Wildman–Crippen MR) is 112 cm³/mol. The van der Waals surface area contributed by atoms with E-state index >= 15 is 0 Å². The Kier molecular flexibility index (Phi) is 5.77. The molecular formula is C21H27ClN4O4. The lowest BCUT2D eigenvalue weighted by Gasteiger charge is -2.28. The summed E-state index contributed by atoms with van der Waals surface area (Å²) in [5, 5.41) is 15.4. The molecule has 1 amide bonds. The molecular weight excluding hydrogens is 408 g/mol. The molecule has 0 bridgehead atoms. The van der Waals surface area contributed by atoms with E-state index in [1.54, 1.807) is 6.07 Å². The molecule has 2 aliphatic rings. The maximum absolute atomic E-state index is 12.0. The van der Waals surface area contributed by atoms with Crippen LogP contribution < -0.4 is 15.4 Å². The van der Waals surface area contributed by atoms with Crippen molar-refractivity contribution in [2.24, 2.45) is 0 Å². The van der Waals surface area contributed by atoms with Crippen molar-refractivity contribution in [3.05, 3.63) is 35.0 Å². The molecule has 0 saturated heterocycles. The first-order valence-electron chi connectivity index (χ1n) is 10.3. The Bertz CT molecular complexity index is 903. The lowest BCUT2D eigenvalue weighted by molar-refractivity contribution is 0.0490. The van der Waals surface area contributed by atoms with E-state index in [0.717, 1.165) is 31.4 Å². The number of carbonyl (C=O) groups excluding carboxylic acids is 1. The van der Waals surface area contributed by atoms with Crippen LogP contribution in [0.3, 0.4) is 0 Å². The highest BCUT2D eigenvalue weighted by Crippen LogP contribution is 2.37. The van der Waals surface area contributed by atoms with E-state index in [1.807, 2.05) is 32.9 Å². The summed E-state index contributed by atoms with van der Waals surface area (Å²) in [6.07, 6.45) is 2.72. The highest BCUT2D eigenvalue weighted by atomic mass is 35.5. The molecule has 9 heteroatoms. The van der Waals surface area contributed by atoms with Crippen LogP contribution in [0.5, 0.6) is 5.75 Å². The summed E-state index contributed by atoms with van der Waals surface area (Å²) >= 11 is 6.02. The second-order valence-electron chi connectivity index (χ2n) is 8.80. The lowest BCUT2D eigenvalue weighted by Crippen LogP contribution is -2.40. The zero-order valence-electron chi connectivity index (χ0n) is 17.4. The third kappa shape index (κ3) is 4.98. The number of alkyl carbamates (subject to hydrolysis) is 1. The van der Waals surface area contributed by atoms with E-state index in [9.17, 15) is 4.79 Å². The minimum atomic E-state index is -0.496. The summed E-state index contributed by atoms with van der Waals surface area (Å²) in [6.45, 7) is 6.10. The van der Waals surface area contributed by atoms with Gasteiger partial charge in [-0.2, -0.15) is 0 Å². The van der Waals surface area contributed by atoms with Crippen LogP contribution in [0.15, 0.2) is 22.6 Å². The third-order valence-electron chi connectivity index (χ3n) is 5.22. The summed E-state index contributed by atoms with van der Waals surface area (Å²) in [7, 11) is 0. The molecule has 162 valence electrons. The molecule has 1 aromatic heterocycles. The first-order valence-corrected chi connectivity index (χ1v) is 10.7. The van der Waals surface area contributed by atoms with E-state index in [2.05, 4.69) is 20.8 Å². The third-order valence-corrected chi connectivity index (χ3v) is 5.45. The first-order chi connectivity index (χ1) is 14.3. The number of nitrogens with zero attached hydrogens (tertiary/aromatic N) is 2. The number of amides is 1. The van der Waals surface area contributed by atoms with Gasteiger partial charge in [0.15, 0.2) is 6.10 Å². The standard InChI is InChI=1S/C21H27ClN4O4/c1-21(2,3)30-20(27)24-14-7-4-12(5-8-14)18-25-26-19(29-18)17-11-23-15-10-13(22)6-9-16(15)28-17/h6,9-10,12,14,17,23H,4-5,7-8,11H2,1-3H3,(H,24,27)/t12-,14-,17?. The van der Waals surface area contributed by atoms with Gasteiger partial charge in [0.2, 0.25) is 5.89 Å². The average Bonchev–Trinajstić information content (AvgIpc) is 3.17. The maximum atomic E-state index is 12.0. The van der Waals surface area contributed by atoms with Gasteiger partial charge in [0.25, 0.3) is 5.89 Å². The zero-order chi connectivity index (χ0) is 21.3. The van der Waals surface area contributed by atoms with Gasteiger partial charge in [-0.1, -0.05) is 11.6 Å². The normalized spacial score (nSPS) is 23.7. The number of ether oxygens (including phenoxy) is 2. The van der Waals surface area contributed by atoms with Gasteiger partial charge in [-0.05, 0) is 64.7 Å². The molecule has 1 fully saturated rings. The molecule has 1 aliphatic carbocycles. The topological polar surface area (TPSA) is 98.5 Å². The fourth-order valence-electron chi connectivity index (χ4n) is 3.78. The van der Waals surface area contributed by atoms with Gasteiger partial charge in [-0.3, -0.25) is 0 Å². The van der Waals surface area contributed by atoms with Gasteiger partial charge >= 0.3 is 6.09 Å². The molecule has 2 aromatic rings. The minimum Gasteiger partial charge on any atom is -0.477 e. The molecule has 4 rings (SSSR count). The number of halogens is 1. The van der Waals surface area contributed by atoms with Crippen LogP contribution in [0, 0.1) is 0 Å². The molecule has 1 saturated carbocycles. The van der Waals surface area contributed by atoms with E-state index in [1.165, 1.54) is 0 Å². The molecule has 1 unspecified atom stereocenters. The average molecular weight is 435 g/mol. The van der Waals surface area contributed by atoms with Gasteiger partial charge in [-0.15, -0.1) is 10.2 Å². The van der Waals surface area contributed by atoms with Gasteiger partial charge in [0, 0.05) is 17.0 Å². The molecule has 1 aliphatic heterocycles. The van der Waals surface area contributed by atoms with Crippen molar-refractivity contribution in [2.45, 2.75) is 70.1 Å². The van der Waals surface area contributed by atoms with Gasteiger partial charge in [0.1, 0.15) is 11.4 Å². The Morgan fingerprint density at radius 2 is 1.93 bits per heavy atom. The Morgan fingerprint density at radius 3 is 2.67 bits per heavy atom. The molecule has 2 heterocycles. The largest absolute Gasteiger partial charge is 0.477 e. The number of hydrogen-bond acceptors (Lipinski definition) is 7. The molecule has 2 N–H and O–H groups in total. The van der Waals surface area contributed by atoms with Crippen LogP contribution in [-0.4, -0.2) is 34.5 Å². The molecule has 30 heavy (non-hydrogen) atoms. The van der Waals surface area contributed by atoms with Crippen LogP contribution in [-0.2, 0) is 4.74 Å². The summed E-state index contributed by atoms with van der Waals surface area (Å²) in [4.78, 5) is 12.0. The smallest absolute Gasteiger partial charge is 0.407 e. The van der Waals surface area contributed by atoms with Crippen molar-refractivity contribution in [3.63, 3.8) is 0 Å². The van der Waals surface area contributed by atoms with Crippen molar-refractivity contribution < 1.29 is 18.7 Å². The quantitative estimate of drug-likeness (QED) is 0.714. The van der Waals surface area contributed by atoms with Crippen LogP contribution in [0.2, 0.25) is 5.02 Å². The molecule has 0 spiro atoms. The van der Waals surface area contributed by atoms with Crippen molar-refractivity contribution >= 4 is 23.4 Å². The van der Waals surface area contributed by atoms with Gasteiger partial charge in [0.05, 0.1) is 12.2 Å². The van der Waals surface area contributed by atoms with Crippen LogP contribution in [0.4, 0.5) is 10.5 Å². The SMILES string of the molecule is CC(C)(C)OC(=O)N[C@H]1CC[C@H](c2nnc(C3CNc4cc(Cl)ccc4O3)o2)CC1. The Morgan fingerprint density at radius 1 is 1.20 bits per heavy atom. The number of hydrogen-bond donors (Lipinski definition) is 2. The Balaban J connectivity index is 1.31. The number of aromatic nitrogens is 2. The van der Waals surface area contributed by atoms with Crippen LogP contribution in [0.1, 0.15) is 70.3 Å². The maximum Gasteiger partial charge on any atom is 0.407 e. The van der Waals surface area contributed by atoms with E-state index in [-0.39, 0.29) is 24.2 Å². The van der Waals surface area contributed by atoms with Crippen molar-refractivity contribution in [1.29, 1.82) is 0 Å². The summed E-state index contributed by atoms with van der Waals surface area (Å²) in [6, 6.07) is 5.55. The molecule has 1 aromatic carbocycles.